The van der Waals surface area contributed by atoms with Crippen molar-refractivity contribution in [3.63, 3.8) is 0 Å². The van der Waals surface area contributed by atoms with Crippen LogP contribution in [0, 0.1) is 0 Å². The first-order chi connectivity index (χ1) is 2.00. The largest absolute Gasteiger partial charge is 0.771 e. The van der Waals surface area contributed by atoms with Crippen LogP contribution in [-0.4, -0.2) is 6.36 Å². The maximum absolute atomic E-state index is 9.80. The highest BCUT2D eigenvalue weighted by Gasteiger charge is 2.04. The molecule has 0 saturated heterocycles. The predicted molar refractivity (Wildman–Crippen MR) is 6.05 cm³/mol. The van der Waals surface area contributed by atoms with E-state index in [0.29, 0.717) is 0 Å². The van der Waals surface area contributed by atoms with E-state index < -0.39 is 6.36 Å². The third kappa shape index (κ3) is 184. The van der Waals surface area contributed by atoms with Crippen molar-refractivity contribution in [2.75, 3.05) is 0 Å². The van der Waals surface area contributed by atoms with Crippen LogP contribution in [0.25, 0.3) is 0 Å². The Balaban J connectivity index is 3.02. The second kappa shape index (κ2) is 0.858. The maximum atomic E-state index is 9.80. The van der Waals surface area contributed by atoms with Crippen molar-refractivity contribution in [2.24, 2.45) is 0 Å². The number of halogens is 3. The fourth-order valence-corrected chi connectivity index (χ4v) is 0. The molecule has 0 aromatic rings. The number of hydrogen-bond acceptors (Lipinski definition) is 1. The highest BCUT2D eigenvalue weighted by atomic mass is 19.4. The van der Waals surface area contributed by atoms with Gasteiger partial charge in [0.25, 0.3) is 0 Å². The lowest BCUT2D eigenvalue weighted by atomic mass is 11.4. The molecule has 0 bridgehead atoms. The van der Waals surface area contributed by atoms with Crippen LogP contribution in [0.5, 0.6) is 0 Å². The maximum Gasteiger partial charge on any atom is 0.331 e. The zero-order chi connectivity index (χ0) is 4.50. The fourth-order valence-electron chi connectivity index (χ4n) is 0. The van der Waals surface area contributed by atoms with E-state index in [1.54, 1.807) is 0 Å². The normalized spacial score (nSPS) is 12.0. The topological polar surface area (TPSA) is 23.1 Å². The Morgan fingerprint density at radius 2 is 1.20 bits per heavy atom. The summed E-state index contributed by atoms with van der Waals surface area (Å²) in [7, 11) is 0. The number of rotatable bonds is 0. The average Bonchev–Trinajstić information content (AvgIpc) is 0.722. The molecule has 0 rings (SSSR count). The second-order valence-corrected chi connectivity index (χ2v) is 0.446. The Kier molecular flexibility index (Phi) is 0.815. The Hall–Kier alpha value is -0.250. The van der Waals surface area contributed by atoms with Gasteiger partial charge in [0.2, 0.25) is 0 Å². The molecule has 0 atom stereocenters. The van der Waals surface area contributed by atoms with Crippen molar-refractivity contribution in [3.05, 3.63) is 0 Å². The van der Waals surface area contributed by atoms with E-state index in [2.05, 4.69) is 0 Å². The van der Waals surface area contributed by atoms with E-state index in [-0.39, 0.29) is 0 Å². The standard InChI is InChI=1S/CF3O/c2-1(3,4)5/q-1. The molecule has 0 unspecified atom stereocenters. The summed E-state index contributed by atoms with van der Waals surface area (Å²) in [5, 5.41) is 8.10. The monoisotopic (exact) mass is 85.0 g/mol. The van der Waals surface area contributed by atoms with Crippen molar-refractivity contribution >= 4 is 0 Å². The van der Waals surface area contributed by atoms with Gasteiger partial charge in [-0.25, -0.2) is 0 Å². The Morgan fingerprint density at radius 3 is 1.20 bits per heavy atom. The van der Waals surface area contributed by atoms with E-state index in [4.69, 9.17) is 5.11 Å². The summed E-state index contributed by atoms with van der Waals surface area (Å²) < 4.78 is 29.4. The van der Waals surface area contributed by atoms with E-state index in [0.717, 1.165) is 0 Å². The third-order valence-electron chi connectivity index (χ3n) is 0. The number of alkyl halides is 3. The molecule has 4 heteroatoms. The van der Waals surface area contributed by atoms with Gasteiger partial charge in [-0.05, 0) is 0 Å². The lowest BCUT2D eigenvalue weighted by Crippen LogP contribution is -2.26. The summed E-state index contributed by atoms with van der Waals surface area (Å²) in [5.41, 5.74) is 0. The van der Waals surface area contributed by atoms with Crippen LogP contribution in [0.4, 0.5) is 13.2 Å². The molecule has 0 radical (unpaired) electrons. The van der Waals surface area contributed by atoms with Gasteiger partial charge in [-0.2, -0.15) is 13.2 Å². The van der Waals surface area contributed by atoms with Crippen molar-refractivity contribution < 1.29 is 18.3 Å². The SMILES string of the molecule is [O-]C(F)(F)F. The van der Waals surface area contributed by atoms with Gasteiger partial charge in [0.15, 0.2) is 0 Å². The summed E-state index contributed by atoms with van der Waals surface area (Å²) in [5.74, 6) is 0. The highest BCUT2D eigenvalue weighted by molar-refractivity contribution is 4.01. The average molecular weight is 85.0 g/mol. The van der Waals surface area contributed by atoms with E-state index in [1.165, 1.54) is 0 Å². The lowest BCUT2D eigenvalue weighted by molar-refractivity contribution is -0.618. The zero-order valence-electron chi connectivity index (χ0n) is 2.04. The first kappa shape index (κ1) is 4.75. The summed E-state index contributed by atoms with van der Waals surface area (Å²) in [6, 6.07) is 0. The van der Waals surface area contributed by atoms with Gasteiger partial charge in [0.1, 0.15) is 0 Å². The van der Waals surface area contributed by atoms with E-state index in [9.17, 15) is 13.2 Å². The van der Waals surface area contributed by atoms with Gasteiger partial charge in [-0.15, -0.1) is 0 Å². The molecule has 0 aromatic heterocycles. The lowest BCUT2D eigenvalue weighted by Gasteiger charge is -2.05. The van der Waals surface area contributed by atoms with Crippen LogP contribution < -0.4 is 5.11 Å². The predicted octanol–water partition coefficient (Wildman–Crippen LogP) is -0.134. The zero-order valence-corrected chi connectivity index (χ0v) is 2.04. The summed E-state index contributed by atoms with van der Waals surface area (Å²) in [6.07, 6.45) is -5.25. The van der Waals surface area contributed by atoms with Crippen molar-refractivity contribution in [3.8, 4) is 0 Å². The van der Waals surface area contributed by atoms with Crippen LogP contribution in [0.1, 0.15) is 0 Å². The molecule has 5 heavy (non-hydrogen) atoms. The van der Waals surface area contributed by atoms with Gasteiger partial charge in [-0.3, -0.25) is 0 Å². The molecular weight excluding hydrogens is 85.0 g/mol. The van der Waals surface area contributed by atoms with Gasteiger partial charge in [0.05, 0.1) is 0 Å². The van der Waals surface area contributed by atoms with Crippen molar-refractivity contribution in [1.82, 2.24) is 0 Å². The molecule has 0 aliphatic rings. The summed E-state index contributed by atoms with van der Waals surface area (Å²) in [6.45, 7) is 0. The molecule has 0 aliphatic carbocycles. The second-order valence-electron chi connectivity index (χ2n) is 0.446. The molecule has 0 aromatic carbocycles. The Labute approximate surface area is 26.0 Å². The van der Waals surface area contributed by atoms with Gasteiger partial charge in [0, 0.05) is 0 Å². The fraction of sp³-hybridized carbons (Fsp3) is 1.00. The summed E-state index contributed by atoms with van der Waals surface area (Å²) in [4.78, 5) is 0. The van der Waals surface area contributed by atoms with Crippen LogP contribution in [-0.2, 0) is 0 Å². The molecule has 0 spiro atoms. The highest BCUT2D eigenvalue weighted by Crippen LogP contribution is 2.00. The number of hydrogen-bond donors (Lipinski definition) is 0. The van der Waals surface area contributed by atoms with Crippen LogP contribution in [0.3, 0.4) is 0 Å². The minimum Gasteiger partial charge on any atom is -0.771 e. The molecule has 0 amide bonds. The van der Waals surface area contributed by atoms with Gasteiger partial charge >= 0.3 is 6.36 Å². The first-order valence-electron chi connectivity index (χ1n) is 0.771. The van der Waals surface area contributed by atoms with E-state index >= 15 is 0 Å². The Morgan fingerprint density at radius 1 is 1.20 bits per heavy atom. The van der Waals surface area contributed by atoms with Gasteiger partial charge in [-0.1, -0.05) is 0 Å². The molecular formula is CF3O-. The van der Waals surface area contributed by atoms with Crippen LogP contribution in [0.15, 0.2) is 0 Å². The molecule has 0 aliphatic heterocycles. The quantitative estimate of drug-likeness (QED) is 0.401. The van der Waals surface area contributed by atoms with Crippen molar-refractivity contribution in [2.45, 2.75) is 6.36 Å². The Bertz CT molecular complexity index is 22.4. The molecule has 0 fully saturated rings. The molecule has 32 valence electrons. The third-order valence-corrected chi connectivity index (χ3v) is 0. The van der Waals surface area contributed by atoms with E-state index in [1.807, 2.05) is 0 Å². The van der Waals surface area contributed by atoms with Gasteiger partial charge < -0.3 is 5.11 Å². The molecule has 0 N–H and O–H groups in total. The first-order valence-corrected chi connectivity index (χ1v) is 0.771. The minimum absolute atomic E-state index is 5.25. The molecule has 1 nitrogen and oxygen atoms in total. The summed E-state index contributed by atoms with van der Waals surface area (Å²) >= 11 is 0. The minimum atomic E-state index is -5.25. The van der Waals surface area contributed by atoms with Crippen LogP contribution in [0.2, 0.25) is 0 Å². The van der Waals surface area contributed by atoms with Crippen molar-refractivity contribution in [1.29, 1.82) is 0 Å². The molecule has 0 saturated carbocycles. The molecule has 0 heterocycles. The smallest absolute Gasteiger partial charge is 0.331 e. The van der Waals surface area contributed by atoms with Crippen LogP contribution >= 0.6 is 0 Å².